The van der Waals surface area contributed by atoms with E-state index >= 15 is 0 Å². The van der Waals surface area contributed by atoms with Crippen LogP contribution in [0.25, 0.3) is 0 Å². The summed E-state index contributed by atoms with van der Waals surface area (Å²) in [6.45, 7) is 0.208. The van der Waals surface area contributed by atoms with Crippen LogP contribution in [-0.2, 0) is 6.42 Å². The molecule has 84 valence electrons. The fraction of sp³-hybridized carbons (Fsp3) is 0.400. The SMILES string of the molecule is COc1cc(F)c(F)c(CCN)c1OC. The molecule has 0 saturated carbocycles. The molecule has 0 amide bonds. The van der Waals surface area contributed by atoms with Gasteiger partial charge in [0, 0.05) is 11.6 Å². The molecule has 0 radical (unpaired) electrons. The second kappa shape index (κ2) is 4.93. The maximum absolute atomic E-state index is 13.4. The Bertz CT molecular complexity index is 356. The highest BCUT2D eigenvalue weighted by Gasteiger charge is 2.19. The predicted molar refractivity (Wildman–Crippen MR) is 52.2 cm³/mol. The van der Waals surface area contributed by atoms with Gasteiger partial charge in [-0.05, 0) is 13.0 Å². The van der Waals surface area contributed by atoms with E-state index in [2.05, 4.69) is 0 Å². The van der Waals surface area contributed by atoms with E-state index in [9.17, 15) is 8.78 Å². The van der Waals surface area contributed by atoms with Gasteiger partial charge >= 0.3 is 0 Å². The van der Waals surface area contributed by atoms with Gasteiger partial charge in [-0.2, -0.15) is 0 Å². The maximum atomic E-state index is 13.4. The fourth-order valence-corrected chi connectivity index (χ4v) is 1.38. The molecule has 0 aliphatic carbocycles. The summed E-state index contributed by atoms with van der Waals surface area (Å²) in [6, 6.07) is 0.953. The Labute approximate surface area is 86.8 Å². The zero-order chi connectivity index (χ0) is 11.4. The number of ether oxygens (including phenoxy) is 2. The minimum absolute atomic E-state index is 0.108. The summed E-state index contributed by atoms with van der Waals surface area (Å²) in [5.74, 6) is -1.53. The van der Waals surface area contributed by atoms with Crippen molar-refractivity contribution in [1.82, 2.24) is 0 Å². The Morgan fingerprint density at radius 3 is 2.40 bits per heavy atom. The number of methoxy groups -OCH3 is 2. The molecule has 1 aromatic carbocycles. The molecule has 0 aromatic heterocycles. The molecule has 0 aliphatic heterocycles. The number of benzene rings is 1. The summed E-state index contributed by atoms with van der Waals surface area (Å²) in [5.41, 5.74) is 5.42. The molecule has 0 unspecified atom stereocenters. The van der Waals surface area contributed by atoms with E-state index in [-0.39, 0.29) is 30.0 Å². The third-order valence-corrected chi connectivity index (χ3v) is 2.05. The Morgan fingerprint density at radius 1 is 1.27 bits per heavy atom. The van der Waals surface area contributed by atoms with Crippen LogP contribution in [0.5, 0.6) is 11.5 Å². The maximum Gasteiger partial charge on any atom is 0.167 e. The van der Waals surface area contributed by atoms with E-state index in [4.69, 9.17) is 15.2 Å². The molecule has 5 heteroatoms. The van der Waals surface area contributed by atoms with Crippen LogP contribution in [0.2, 0.25) is 0 Å². The van der Waals surface area contributed by atoms with Crippen molar-refractivity contribution in [2.75, 3.05) is 20.8 Å². The lowest BCUT2D eigenvalue weighted by atomic mass is 10.1. The van der Waals surface area contributed by atoms with Crippen molar-refractivity contribution in [3.8, 4) is 11.5 Å². The lowest BCUT2D eigenvalue weighted by Gasteiger charge is -2.13. The van der Waals surface area contributed by atoms with E-state index < -0.39 is 11.6 Å². The normalized spacial score (nSPS) is 10.2. The van der Waals surface area contributed by atoms with Gasteiger partial charge in [-0.3, -0.25) is 0 Å². The van der Waals surface area contributed by atoms with Gasteiger partial charge in [-0.1, -0.05) is 0 Å². The summed E-state index contributed by atoms with van der Waals surface area (Å²) < 4.78 is 36.4. The zero-order valence-corrected chi connectivity index (χ0v) is 8.64. The molecular formula is C10H13F2NO2. The molecular weight excluding hydrogens is 204 g/mol. The monoisotopic (exact) mass is 217 g/mol. The van der Waals surface area contributed by atoms with Gasteiger partial charge in [0.1, 0.15) is 0 Å². The Kier molecular flexibility index (Phi) is 3.85. The highest BCUT2D eigenvalue weighted by molar-refractivity contribution is 5.48. The van der Waals surface area contributed by atoms with Crippen LogP contribution in [-0.4, -0.2) is 20.8 Å². The zero-order valence-electron chi connectivity index (χ0n) is 8.64. The van der Waals surface area contributed by atoms with Gasteiger partial charge < -0.3 is 15.2 Å². The van der Waals surface area contributed by atoms with Gasteiger partial charge in [0.2, 0.25) is 0 Å². The van der Waals surface area contributed by atoms with Gasteiger partial charge in [0.05, 0.1) is 14.2 Å². The van der Waals surface area contributed by atoms with Crippen LogP contribution in [0, 0.1) is 11.6 Å². The summed E-state index contributed by atoms with van der Waals surface area (Å²) in [7, 11) is 2.73. The van der Waals surface area contributed by atoms with Crippen LogP contribution in [0.1, 0.15) is 5.56 Å². The fourth-order valence-electron chi connectivity index (χ4n) is 1.38. The van der Waals surface area contributed by atoms with Crippen LogP contribution >= 0.6 is 0 Å². The number of rotatable bonds is 4. The number of hydrogen-bond acceptors (Lipinski definition) is 3. The van der Waals surface area contributed by atoms with E-state index in [1.54, 1.807) is 0 Å². The molecule has 0 aliphatic rings. The van der Waals surface area contributed by atoms with Gasteiger partial charge in [0.25, 0.3) is 0 Å². The third kappa shape index (κ3) is 2.18. The van der Waals surface area contributed by atoms with Crippen molar-refractivity contribution in [3.05, 3.63) is 23.3 Å². The van der Waals surface area contributed by atoms with E-state index in [1.165, 1.54) is 14.2 Å². The van der Waals surface area contributed by atoms with Crippen molar-refractivity contribution >= 4 is 0 Å². The molecule has 1 aromatic rings. The van der Waals surface area contributed by atoms with Crippen molar-refractivity contribution in [2.45, 2.75) is 6.42 Å². The standard InChI is InChI=1S/C10H13F2NO2/c1-14-8-5-7(11)9(12)6(3-4-13)10(8)15-2/h5H,3-4,13H2,1-2H3. The first kappa shape index (κ1) is 11.7. The molecule has 2 N–H and O–H groups in total. The van der Waals surface area contributed by atoms with Crippen molar-refractivity contribution in [2.24, 2.45) is 5.73 Å². The van der Waals surface area contributed by atoms with Crippen molar-refractivity contribution in [1.29, 1.82) is 0 Å². The first-order valence-corrected chi connectivity index (χ1v) is 4.44. The first-order valence-electron chi connectivity index (χ1n) is 4.44. The van der Waals surface area contributed by atoms with Gasteiger partial charge in [0.15, 0.2) is 23.1 Å². The van der Waals surface area contributed by atoms with E-state index in [0.717, 1.165) is 6.07 Å². The average Bonchev–Trinajstić information content (AvgIpc) is 2.24. The molecule has 15 heavy (non-hydrogen) atoms. The quantitative estimate of drug-likeness (QED) is 0.830. The number of halogens is 2. The minimum Gasteiger partial charge on any atom is -0.493 e. The van der Waals surface area contributed by atoms with Crippen molar-refractivity contribution in [3.63, 3.8) is 0 Å². The largest absolute Gasteiger partial charge is 0.493 e. The van der Waals surface area contributed by atoms with Crippen LogP contribution < -0.4 is 15.2 Å². The van der Waals surface area contributed by atoms with Crippen LogP contribution in [0.15, 0.2) is 6.07 Å². The highest BCUT2D eigenvalue weighted by Crippen LogP contribution is 2.34. The average molecular weight is 217 g/mol. The molecule has 0 spiro atoms. The molecule has 0 fully saturated rings. The molecule has 1 rings (SSSR count). The molecule has 0 atom stereocenters. The lowest BCUT2D eigenvalue weighted by Crippen LogP contribution is -2.08. The van der Waals surface area contributed by atoms with Crippen LogP contribution in [0.3, 0.4) is 0 Å². The van der Waals surface area contributed by atoms with Crippen LogP contribution in [0.4, 0.5) is 8.78 Å². The molecule has 0 heterocycles. The van der Waals surface area contributed by atoms with E-state index in [0.29, 0.717) is 0 Å². The second-order valence-electron chi connectivity index (χ2n) is 2.93. The summed E-state index contributed by atoms with van der Waals surface area (Å²) >= 11 is 0. The second-order valence-corrected chi connectivity index (χ2v) is 2.93. The lowest BCUT2D eigenvalue weighted by molar-refractivity contribution is 0.342. The molecule has 3 nitrogen and oxygen atoms in total. The van der Waals surface area contributed by atoms with E-state index in [1.807, 2.05) is 0 Å². The summed E-state index contributed by atoms with van der Waals surface area (Å²) in [6.07, 6.45) is 0.198. The molecule has 0 bridgehead atoms. The predicted octanol–water partition coefficient (Wildman–Crippen LogP) is 1.48. The highest BCUT2D eigenvalue weighted by atomic mass is 19.2. The summed E-state index contributed by atoms with van der Waals surface area (Å²) in [5, 5.41) is 0. The van der Waals surface area contributed by atoms with Gasteiger partial charge in [-0.15, -0.1) is 0 Å². The van der Waals surface area contributed by atoms with Crippen molar-refractivity contribution < 1.29 is 18.3 Å². The molecule has 0 saturated heterocycles. The minimum atomic E-state index is -0.962. The number of nitrogens with two attached hydrogens (primary N) is 1. The topological polar surface area (TPSA) is 44.5 Å². The Balaban J connectivity index is 3.35. The Morgan fingerprint density at radius 2 is 1.93 bits per heavy atom. The first-order chi connectivity index (χ1) is 7.15. The Hall–Kier alpha value is -1.36. The number of hydrogen-bond donors (Lipinski definition) is 1. The third-order valence-electron chi connectivity index (χ3n) is 2.05. The smallest absolute Gasteiger partial charge is 0.167 e. The van der Waals surface area contributed by atoms with Gasteiger partial charge in [-0.25, -0.2) is 8.78 Å². The summed E-state index contributed by atoms with van der Waals surface area (Å²) in [4.78, 5) is 0.